The lowest BCUT2D eigenvalue weighted by molar-refractivity contribution is 0.245. The second kappa shape index (κ2) is 13.9. The van der Waals surface area contributed by atoms with Crippen LogP contribution in [-0.2, 0) is 12.8 Å². The summed E-state index contributed by atoms with van der Waals surface area (Å²) in [7, 11) is 1.75. The molecule has 1 saturated heterocycles. The highest BCUT2D eigenvalue weighted by atomic mass is 127. The van der Waals surface area contributed by atoms with Crippen LogP contribution in [0.5, 0.6) is 5.75 Å². The SMILES string of the molecule is CCNC(=NCC(c1ccccc1OC)N1CCCC1)NCCc1ncc(CC)s1.I. The fraction of sp³-hybridized carbons (Fsp3) is 0.565. The van der Waals surface area contributed by atoms with Crippen molar-refractivity contribution in [2.45, 2.75) is 45.6 Å². The van der Waals surface area contributed by atoms with Gasteiger partial charge in [-0.3, -0.25) is 9.89 Å². The van der Waals surface area contributed by atoms with Crippen molar-refractivity contribution in [3.8, 4) is 5.75 Å². The molecule has 0 saturated carbocycles. The number of aliphatic imine (C=N–C) groups is 1. The van der Waals surface area contributed by atoms with Crippen molar-refractivity contribution >= 4 is 41.3 Å². The lowest BCUT2D eigenvalue weighted by Gasteiger charge is -2.28. The largest absolute Gasteiger partial charge is 0.496 e. The second-order valence-corrected chi connectivity index (χ2v) is 8.67. The maximum atomic E-state index is 5.65. The molecule has 1 aliphatic heterocycles. The summed E-state index contributed by atoms with van der Waals surface area (Å²) in [6, 6.07) is 8.56. The molecule has 2 aromatic rings. The lowest BCUT2D eigenvalue weighted by atomic mass is 10.0. The van der Waals surface area contributed by atoms with E-state index in [1.807, 2.05) is 18.3 Å². The van der Waals surface area contributed by atoms with E-state index in [2.05, 4.69) is 46.5 Å². The molecule has 1 atom stereocenters. The molecule has 1 aromatic carbocycles. The number of aromatic nitrogens is 1. The molecule has 8 heteroatoms. The minimum Gasteiger partial charge on any atom is -0.496 e. The number of aryl methyl sites for hydroxylation is 1. The van der Waals surface area contributed by atoms with Crippen LogP contribution >= 0.6 is 35.3 Å². The average molecular weight is 558 g/mol. The van der Waals surface area contributed by atoms with Gasteiger partial charge < -0.3 is 15.4 Å². The van der Waals surface area contributed by atoms with Gasteiger partial charge in [-0.2, -0.15) is 0 Å². The predicted octanol–water partition coefficient (Wildman–Crippen LogP) is 4.27. The first kappa shape index (κ1) is 25.9. The Kier molecular flexibility index (Phi) is 11.6. The Morgan fingerprint density at radius 1 is 1.23 bits per heavy atom. The van der Waals surface area contributed by atoms with Crippen LogP contribution in [-0.4, -0.2) is 55.7 Å². The van der Waals surface area contributed by atoms with Crippen molar-refractivity contribution in [3.63, 3.8) is 0 Å². The van der Waals surface area contributed by atoms with Gasteiger partial charge in [0.05, 0.1) is 24.7 Å². The molecule has 3 rings (SSSR count). The maximum Gasteiger partial charge on any atom is 0.191 e. The van der Waals surface area contributed by atoms with Gasteiger partial charge in [0.2, 0.25) is 0 Å². The molecule has 1 fully saturated rings. The highest BCUT2D eigenvalue weighted by molar-refractivity contribution is 14.0. The van der Waals surface area contributed by atoms with E-state index in [1.54, 1.807) is 18.4 Å². The van der Waals surface area contributed by atoms with Crippen LogP contribution in [0.4, 0.5) is 0 Å². The third-order valence-corrected chi connectivity index (χ3v) is 6.63. The van der Waals surface area contributed by atoms with Gasteiger partial charge in [0.1, 0.15) is 5.75 Å². The predicted molar refractivity (Wildman–Crippen MR) is 141 cm³/mol. The van der Waals surface area contributed by atoms with Crippen LogP contribution in [0.25, 0.3) is 0 Å². The van der Waals surface area contributed by atoms with Crippen LogP contribution in [0, 0.1) is 0 Å². The molecule has 31 heavy (non-hydrogen) atoms. The van der Waals surface area contributed by atoms with Crippen LogP contribution in [0.15, 0.2) is 35.5 Å². The fourth-order valence-corrected chi connectivity index (χ4v) is 4.70. The zero-order chi connectivity index (χ0) is 21.2. The van der Waals surface area contributed by atoms with E-state index in [0.717, 1.165) is 50.7 Å². The number of rotatable bonds is 10. The Labute approximate surface area is 207 Å². The van der Waals surface area contributed by atoms with Gasteiger partial charge in [-0.1, -0.05) is 25.1 Å². The van der Waals surface area contributed by atoms with Crippen molar-refractivity contribution in [2.75, 3.05) is 39.8 Å². The maximum absolute atomic E-state index is 5.65. The number of ether oxygens (including phenoxy) is 1. The quantitative estimate of drug-likeness (QED) is 0.260. The Morgan fingerprint density at radius 3 is 2.68 bits per heavy atom. The molecule has 2 N–H and O–H groups in total. The molecule has 0 amide bonds. The summed E-state index contributed by atoms with van der Waals surface area (Å²) < 4.78 is 5.65. The number of hydrogen-bond donors (Lipinski definition) is 2. The smallest absolute Gasteiger partial charge is 0.191 e. The fourth-order valence-electron chi connectivity index (χ4n) is 3.84. The number of benzene rings is 1. The summed E-state index contributed by atoms with van der Waals surface area (Å²) in [6.07, 6.45) is 6.46. The first-order chi connectivity index (χ1) is 14.7. The summed E-state index contributed by atoms with van der Waals surface area (Å²) in [5.41, 5.74) is 1.22. The molecule has 0 bridgehead atoms. The summed E-state index contributed by atoms with van der Waals surface area (Å²) in [5, 5.41) is 8.04. The van der Waals surface area contributed by atoms with Crippen molar-refractivity contribution in [1.82, 2.24) is 20.5 Å². The van der Waals surface area contributed by atoms with Crippen molar-refractivity contribution < 1.29 is 4.74 Å². The Bertz CT molecular complexity index is 807. The van der Waals surface area contributed by atoms with Gasteiger partial charge in [0.15, 0.2) is 5.96 Å². The van der Waals surface area contributed by atoms with E-state index < -0.39 is 0 Å². The zero-order valence-corrected chi connectivity index (χ0v) is 22.0. The molecule has 1 unspecified atom stereocenters. The topological polar surface area (TPSA) is 61.8 Å². The molecular formula is C23H36IN5OS. The molecule has 1 aromatic heterocycles. The molecule has 1 aliphatic rings. The van der Waals surface area contributed by atoms with Gasteiger partial charge in [-0.25, -0.2) is 4.98 Å². The van der Waals surface area contributed by atoms with Gasteiger partial charge >= 0.3 is 0 Å². The number of para-hydroxylation sites is 1. The summed E-state index contributed by atoms with van der Waals surface area (Å²) >= 11 is 1.80. The van der Waals surface area contributed by atoms with Crippen molar-refractivity contribution in [2.24, 2.45) is 4.99 Å². The molecule has 0 radical (unpaired) electrons. The van der Waals surface area contributed by atoms with Gasteiger partial charge in [0, 0.05) is 36.1 Å². The molecular weight excluding hydrogens is 521 g/mol. The normalized spacial score (nSPS) is 15.4. The zero-order valence-electron chi connectivity index (χ0n) is 18.9. The van der Waals surface area contributed by atoms with E-state index >= 15 is 0 Å². The first-order valence-corrected chi connectivity index (χ1v) is 11.9. The van der Waals surface area contributed by atoms with E-state index in [0.29, 0.717) is 6.54 Å². The highest BCUT2D eigenvalue weighted by Gasteiger charge is 2.25. The summed E-state index contributed by atoms with van der Waals surface area (Å²) in [4.78, 5) is 13.3. The van der Waals surface area contributed by atoms with Crippen molar-refractivity contribution in [3.05, 3.63) is 45.9 Å². The minimum atomic E-state index is 0. The third kappa shape index (κ3) is 7.61. The van der Waals surface area contributed by atoms with E-state index in [9.17, 15) is 0 Å². The minimum absolute atomic E-state index is 0. The van der Waals surface area contributed by atoms with E-state index in [-0.39, 0.29) is 30.0 Å². The number of methoxy groups -OCH3 is 1. The number of nitrogens with zero attached hydrogens (tertiary/aromatic N) is 3. The first-order valence-electron chi connectivity index (χ1n) is 11.1. The van der Waals surface area contributed by atoms with Gasteiger partial charge in [0.25, 0.3) is 0 Å². The van der Waals surface area contributed by atoms with Crippen LogP contribution in [0.3, 0.4) is 0 Å². The number of nitrogens with one attached hydrogen (secondary N) is 2. The Balaban J connectivity index is 0.00000341. The number of likely N-dealkylation sites (tertiary alicyclic amines) is 1. The number of halogens is 1. The van der Waals surface area contributed by atoms with Gasteiger partial charge in [-0.05, 0) is 45.3 Å². The van der Waals surface area contributed by atoms with E-state index in [1.165, 1.54) is 28.3 Å². The van der Waals surface area contributed by atoms with Gasteiger partial charge in [-0.15, -0.1) is 35.3 Å². The summed E-state index contributed by atoms with van der Waals surface area (Å²) in [5.74, 6) is 1.81. The molecule has 6 nitrogen and oxygen atoms in total. The highest BCUT2D eigenvalue weighted by Crippen LogP contribution is 2.31. The molecule has 2 heterocycles. The van der Waals surface area contributed by atoms with Crippen LogP contribution in [0.2, 0.25) is 0 Å². The monoisotopic (exact) mass is 557 g/mol. The van der Waals surface area contributed by atoms with Crippen LogP contribution < -0.4 is 15.4 Å². The second-order valence-electron chi connectivity index (χ2n) is 7.47. The summed E-state index contributed by atoms with van der Waals surface area (Å²) in [6.45, 7) is 8.87. The molecule has 0 spiro atoms. The van der Waals surface area contributed by atoms with E-state index in [4.69, 9.17) is 9.73 Å². The van der Waals surface area contributed by atoms with Crippen molar-refractivity contribution in [1.29, 1.82) is 0 Å². The molecule has 172 valence electrons. The van der Waals surface area contributed by atoms with Crippen LogP contribution in [0.1, 0.15) is 48.2 Å². The number of hydrogen-bond acceptors (Lipinski definition) is 5. The lowest BCUT2D eigenvalue weighted by Crippen LogP contribution is -2.39. The Morgan fingerprint density at radius 2 is 2.00 bits per heavy atom. The average Bonchev–Trinajstić information content (AvgIpc) is 3.46. The number of guanidine groups is 1. The standard InChI is InChI=1S/C23H35N5OS.HI/c1-4-18-16-26-22(30-18)12-13-25-23(24-5-2)27-17-20(28-14-8-9-15-28)19-10-6-7-11-21(19)29-3;/h6-7,10-11,16,20H,4-5,8-9,12-15,17H2,1-3H3,(H2,24,25,27);1H. The molecule has 0 aliphatic carbocycles. The Hall–Kier alpha value is -1.39. The number of thiazole rings is 1. The third-order valence-electron chi connectivity index (χ3n) is 5.43.